The SMILES string of the molecule is CN=C(C)[n+]1cc2cccnc2[nH]1. The van der Waals surface area contributed by atoms with Gasteiger partial charge in [0, 0.05) is 13.1 Å². The van der Waals surface area contributed by atoms with E-state index in [4.69, 9.17) is 0 Å². The van der Waals surface area contributed by atoms with Gasteiger partial charge >= 0.3 is 5.84 Å². The molecule has 0 saturated carbocycles. The molecular weight excluding hydrogens is 164 g/mol. The third-order valence-electron chi connectivity index (χ3n) is 2.01. The number of aliphatic imine (C=N–C) groups is 1. The van der Waals surface area contributed by atoms with Crippen LogP contribution in [-0.4, -0.2) is 23.0 Å². The Bertz CT molecular complexity index is 422. The Morgan fingerprint density at radius 2 is 2.46 bits per heavy atom. The highest BCUT2D eigenvalue weighted by Crippen LogP contribution is 2.03. The Labute approximate surface area is 75.9 Å². The van der Waals surface area contributed by atoms with Crippen LogP contribution in [0.4, 0.5) is 0 Å². The molecule has 0 bridgehead atoms. The lowest BCUT2D eigenvalue weighted by Crippen LogP contribution is -2.42. The van der Waals surface area contributed by atoms with E-state index in [0.29, 0.717) is 0 Å². The molecule has 4 heteroatoms. The van der Waals surface area contributed by atoms with Crippen molar-refractivity contribution in [2.24, 2.45) is 4.99 Å². The van der Waals surface area contributed by atoms with Crippen LogP contribution in [0.15, 0.2) is 29.5 Å². The summed E-state index contributed by atoms with van der Waals surface area (Å²) < 4.78 is 1.86. The van der Waals surface area contributed by atoms with Crippen molar-refractivity contribution in [1.29, 1.82) is 0 Å². The summed E-state index contributed by atoms with van der Waals surface area (Å²) in [6.07, 6.45) is 3.74. The van der Waals surface area contributed by atoms with Gasteiger partial charge in [0.15, 0.2) is 5.65 Å². The van der Waals surface area contributed by atoms with E-state index >= 15 is 0 Å². The number of rotatable bonds is 0. The molecule has 2 aromatic rings. The molecule has 0 aliphatic carbocycles. The van der Waals surface area contributed by atoms with E-state index < -0.39 is 0 Å². The normalized spacial score (nSPS) is 12.3. The minimum atomic E-state index is 0.880. The van der Waals surface area contributed by atoms with E-state index in [0.717, 1.165) is 16.9 Å². The lowest BCUT2D eigenvalue weighted by atomic mass is 10.4. The van der Waals surface area contributed by atoms with Gasteiger partial charge in [-0.15, -0.1) is 4.68 Å². The van der Waals surface area contributed by atoms with Gasteiger partial charge in [-0.3, -0.25) is 0 Å². The summed E-state index contributed by atoms with van der Waals surface area (Å²) >= 11 is 0. The van der Waals surface area contributed by atoms with Gasteiger partial charge in [-0.25, -0.2) is 10.1 Å². The molecule has 0 amide bonds. The minimum Gasteiger partial charge on any atom is -0.236 e. The van der Waals surface area contributed by atoms with Crippen LogP contribution >= 0.6 is 0 Å². The first-order valence-electron chi connectivity index (χ1n) is 4.10. The van der Waals surface area contributed by atoms with Crippen LogP contribution in [0.5, 0.6) is 0 Å². The van der Waals surface area contributed by atoms with Crippen molar-refractivity contribution in [3.63, 3.8) is 0 Å². The zero-order valence-corrected chi connectivity index (χ0v) is 7.65. The minimum absolute atomic E-state index is 0.880. The van der Waals surface area contributed by atoms with Crippen molar-refractivity contribution in [3.05, 3.63) is 24.5 Å². The smallest absolute Gasteiger partial charge is 0.236 e. The largest absolute Gasteiger partial charge is 0.312 e. The fourth-order valence-corrected chi connectivity index (χ4v) is 1.18. The number of pyridine rings is 1. The number of hydrogen-bond donors (Lipinski definition) is 1. The second-order valence-electron chi connectivity index (χ2n) is 2.82. The van der Waals surface area contributed by atoms with Gasteiger partial charge in [0.2, 0.25) is 0 Å². The molecule has 66 valence electrons. The van der Waals surface area contributed by atoms with E-state index in [1.807, 2.05) is 29.9 Å². The van der Waals surface area contributed by atoms with Crippen molar-refractivity contribution < 1.29 is 4.68 Å². The lowest BCUT2D eigenvalue weighted by Gasteiger charge is -1.85. The number of nitrogens with zero attached hydrogens (tertiary/aromatic N) is 3. The van der Waals surface area contributed by atoms with Crippen molar-refractivity contribution >= 4 is 16.9 Å². The molecule has 0 fully saturated rings. The molecule has 0 aromatic carbocycles. The van der Waals surface area contributed by atoms with E-state index in [9.17, 15) is 0 Å². The molecule has 0 unspecified atom stereocenters. The Balaban J connectivity index is 2.62. The molecule has 13 heavy (non-hydrogen) atoms. The fraction of sp³-hybridized carbons (Fsp3) is 0.222. The third kappa shape index (κ3) is 1.30. The van der Waals surface area contributed by atoms with E-state index in [1.54, 1.807) is 13.2 Å². The van der Waals surface area contributed by atoms with Gasteiger partial charge in [0.05, 0.1) is 5.39 Å². The zero-order valence-electron chi connectivity index (χ0n) is 7.65. The molecule has 0 aliphatic rings. The van der Waals surface area contributed by atoms with Crippen molar-refractivity contribution in [2.45, 2.75) is 6.92 Å². The first kappa shape index (κ1) is 7.91. The highest BCUT2D eigenvalue weighted by molar-refractivity contribution is 5.75. The number of aromatic nitrogens is 3. The van der Waals surface area contributed by atoms with Crippen LogP contribution in [0, 0.1) is 0 Å². The van der Waals surface area contributed by atoms with Gasteiger partial charge in [0.1, 0.15) is 13.2 Å². The van der Waals surface area contributed by atoms with Crippen LogP contribution in [0.25, 0.3) is 11.0 Å². The number of fused-ring (bicyclic) bond motifs is 1. The van der Waals surface area contributed by atoms with Crippen LogP contribution in [0.2, 0.25) is 0 Å². The maximum atomic E-state index is 4.19. The molecule has 2 aromatic heterocycles. The van der Waals surface area contributed by atoms with Crippen LogP contribution in [0.3, 0.4) is 0 Å². The topological polar surface area (TPSA) is 44.9 Å². The molecule has 0 spiro atoms. The van der Waals surface area contributed by atoms with Crippen molar-refractivity contribution in [2.75, 3.05) is 7.05 Å². The molecule has 1 N–H and O–H groups in total. The summed E-state index contributed by atoms with van der Waals surface area (Å²) in [5, 5.41) is 4.21. The van der Waals surface area contributed by atoms with Crippen LogP contribution < -0.4 is 4.68 Å². The molecule has 2 rings (SSSR count). The lowest BCUT2D eigenvalue weighted by molar-refractivity contribution is -0.616. The maximum absolute atomic E-state index is 4.19. The first-order valence-corrected chi connectivity index (χ1v) is 4.10. The zero-order chi connectivity index (χ0) is 9.26. The maximum Gasteiger partial charge on any atom is 0.312 e. The van der Waals surface area contributed by atoms with Gasteiger partial charge in [0.25, 0.3) is 0 Å². The van der Waals surface area contributed by atoms with E-state index in [2.05, 4.69) is 15.1 Å². The second-order valence-corrected chi connectivity index (χ2v) is 2.82. The Hall–Kier alpha value is -1.71. The summed E-state index contributed by atoms with van der Waals surface area (Å²) in [6, 6.07) is 3.93. The molecule has 2 heterocycles. The highest BCUT2D eigenvalue weighted by atomic mass is 15.3. The quantitative estimate of drug-likeness (QED) is 0.358. The fourth-order valence-electron chi connectivity index (χ4n) is 1.18. The Morgan fingerprint density at radius 1 is 1.62 bits per heavy atom. The van der Waals surface area contributed by atoms with Gasteiger partial charge in [-0.2, -0.15) is 0 Å². The number of H-pyrrole nitrogens is 1. The average Bonchev–Trinajstić information content (AvgIpc) is 2.59. The first-order chi connectivity index (χ1) is 6.31. The molecule has 0 aliphatic heterocycles. The highest BCUT2D eigenvalue weighted by Gasteiger charge is 2.07. The molecular formula is C9H11N4+. The summed E-state index contributed by atoms with van der Waals surface area (Å²) in [6.45, 7) is 1.94. The predicted octanol–water partition coefficient (Wildman–Crippen LogP) is 0.747. The molecule has 0 saturated heterocycles. The van der Waals surface area contributed by atoms with Gasteiger partial charge in [-0.1, -0.05) is 4.99 Å². The van der Waals surface area contributed by atoms with Crippen molar-refractivity contribution in [1.82, 2.24) is 10.1 Å². The van der Waals surface area contributed by atoms with Crippen molar-refractivity contribution in [3.8, 4) is 0 Å². The van der Waals surface area contributed by atoms with Crippen LogP contribution in [-0.2, 0) is 0 Å². The monoisotopic (exact) mass is 175 g/mol. The van der Waals surface area contributed by atoms with Crippen LogP contribution in [0.1, 0.15) is 6.92 Å². The third-order valence-corrected chi connectivity index (χ3v) is 2.01. The van der Waals surface area contributed by atoms with E-state index in [1.165, 1.54) is 0 Å². The number of nitrogens with one attached hydrogen (secondary N) is 1. The molecule has 0 radical (unpaired) electrons. The average molecular weight is 175 g/mol. The summed E-state index contributed by atoms with van der Waals surface area (Å²) in [5.74, 6) is 0.915. The summed E-state index contributed by atoms with van der Waals surface area (Å²) in [7, 11) is 1.77. The van der Waals surface area contributed by atoms with Gasteiger partial charge in [-0.05, 0) is 12.1 Å². The summed E-state index contributed by atoms with van der Waals surface area (Å²) in [4.78, 5) is 8.26. The van der Waals surface area contributed by atoms with E-state index in [-0.39, 0.29) is 0 Å². The second kappa shape index (κ2) is 2.97. The number of aromatic amines is 1. The Kier molecular flexibility index (Phi) is 1.81. The van der Waals surface area contributed by atoms with Gasteiger partial charge < -0.3 is 0 Å². The Morgan fingerprint density at radius 3 is 3.15 bits per heavy atom. The molecule has 0 atom stereocenters. The summed E-state index contributed by atoms with van der Waals surface area (Å²) in [5.41, 5.74) is 0.880. The predicted molar refractivity (Wildman–Crippen MR) is 50.7 cm³/mol. The number of hydrogen-bond acceptors (Lipinski definition) is 2. The standard InChI is InChI=1S/C9H10N4/c1-7(10-2)13-6-8-4-3-5-11-9(8)12-13/h3-6H,1-2H3/p+1. The molecule has 4 nitrogen and oxygen atoms in total.